The summed E-state index contributed by atoms with van der Waals surface area (Å²) in [7, 11) is 0. The third-order valence-electron chi connectivity index (χ3n) is 3.38. The molecule has 4 nitrogen and oxygen atoms in total. The molecule has 1 aromatic rings. The van der Waals surface area contributed by atoms with Crippen LogP contribution in [0.15, 0.2) is 12.3 Å². The monoisotopic (exact) mass is 286 g/mol. The molecule has 0 spiro atoms. The Kier molecular flexibility index (Phi) is 4.71. The van der Waals surface area contributed by atoms with Crippen molar-refractivity contribution in [3.8, 4) is 0 Å². The molecule has 1 unspecified atom stereocenters. The Bertz CT molecular complexity index is 468. The first-order chi connectivity index (χ1) is 9.11. The maximum absolute atomic E-state index is 13.1. The lowest BCUT2D eigenvalue weighted by molar-refractivity contribution is 0.0653. The number of carbonyl (C=O) groups is 1. The summed E-state index contributed by atoms with van der Waals surface area (Å²) in [4.78, 5) is 17.6. The van der Waals surface area contributed by atoms with Gasteiger partial charge in [0.15, 0.2) is 0 Å². The maximum atomic E-state index is 13.1. The Morgan fingerprint density at radius 1 is 1.63 bits per heavy atom. The number of amides is 1. The van der Waals surface area contributed by atoms with Gasteiger partial charge in [0.05, 0.1) is 11.8 Å². The van der Waals surface area contributed by atoms with Crippen molar-refractivity contribution in [2.24, 2.45) is 5.92 Å². The zero-order chi connectivity index (χ0) is 13.8. The van der Waals surface area contributed by atoms with Crippen LogP contribution in [0.4, 0.5) is 4.39 Å². The summed E-state index contributed by atoms with van der Waals surface area (Å²) in [5.41, 5.74) is 0.103. The van der Waals surface area contributed by atoms with E-state index >= 15 is 0 Å². The Morgan fingerprint density at radius 2 is 2.42 bits per heavy atom. The molecular formula is C13H16ClFN2O2. The first-order valence-electron chi connectivity index (χ1n) is 6.33. The molecule has 1 atom stereocenters. The Labute approximate surface area is 116 Å². The maximum Gasteiger partial charge on any atom is 0.257 e. The summed E-state index contributed by atoms with van der Waals surface area (Å²) in [5.74, 6) is -0.570. The summed E-state index contributed by atoms with van der Waals surface area (Å²) in [6.45, 7) is 1.33. The van der Waals surface area contributed by atoms with E-state index in [4.69, 9.17) is 16.7 Å². The van der Waals surface area contributed by atoms with E-state index in [1.807, 2.05) is 0 Å². The van der Waals surface area contributed by atoms with Crippen molar-refractivity contribution in [3.63, 3.8) is 0 Å². The Balaban J connectivity index is 2.12. The second-order valence-corrected chi connectivity index (χ2v) is 5.12. The molecule has 0 radical (unpaired) electrons. The van der Waals surface area contributed by atoms with Crippen LogP contribution in [0.25, 0.3) is 0 Å². The van der Waals surface area contributed by atoms with Crippen LogP contribution >= 0.6 is 11.6 Å². The van der Waals surface area contributed by atoms with E-state index in [1.54, 1.807) is 4.90 Å². The van der Waals surface area contributed by atoms with Gasteiger partial charge >= 0.3 is 0 Å². The summed E-state index contributed by atoms with van der Waals surface area (Å²) < 4.78 is 13.1. The normalized spacial score (nSPS) is 19.5. The van der Waals surface area contributed by atoms with Gasteiger partial charge in [-0.2, -0.15) is 0 Å². The van der Waals surface area contributed by atoms with Crippen LogP contribution in [0.5, 0.6) is 0 Å². The van der Waals surface area contributed by atoms with E-state index in [2.05, 4.69) is 4.98 Å². The third-order valence-corrected chi connectivity index (χ3v) is 3.68. The molecule has 2 heterocycles. The molecule has 1 saturated heterocycles. The SMILES string of the molecule is O=C(c1cc(F)cnc1Cl)N1CCCC(CCO)C1. The van der Waals surface area contributed by atoms with Crippen molar-refractivity contribution in [1.29, 1.82) is 0 Å². The third kappa shape index (κ3) is 3.42. The van der Waals surface area contributed by atoms with Gasteiger partial charge in [-0.15, -0.1) is 0 Å². The number of likely N-dealkylation sites (tertiary alicyclic amines) is 1. The number of pyridine rings is 1. The lowest BCUT2D eigenvalue weighted by Gasteiger charge is -2.32. The largest absolute Gasteiger partial charge is 0.396 e. The highest BCUT2D eigenvalue weighted by atomic mass is 35.5. The predicted octanol–water partition coefficient (Wildman–Crippen LogP) is 2.11. The highest BCUT2D eigenvalue weighted by Gasteiger charge is 2.26. The Morgan fingerprint density at radius 3 is 3.16 bits per heavy atom. The van der Waals surface area contributed by atoms with Crippen molar-refractivity contribution in [2.75, 3.05) is 19.7 Å². The molecule has 0 saturated carbocycles. The number of hydrogen-bond donors (Lipinski definition) is 1. The fraction of sp³-hybridized carbons (Fsp3) is 0.538. The molecule has 1 aliphatic rings. The van der Waals surface area contributed by atoms with Crippen LogP contribution in [0.1, 0.15) is 29.6 Å². The molecule has 0 aliphatic carbocycles. The number of hydrogen-bond acceptors (Lipinski definition) is 3. The number of nitrogens with zero attached hydrogens (tertiary/aromatic N) is 2. The van der Waals surface area contributed by atoms with Gasteiger partial charge in [-0.25, -0.2) is 9.37 Å². The summed E-state index contributed by atoms with van der Waals surface area (Å²) >= 11 is 5.84. The van der Waals surface area contributed by atoms with Gasteiger partial charge in [0.2, 0.25) is 0 Å². The lowest BCUT2D eigenvalue weighted by Crippen LogP contribution is -2.40. The van der Waals surface area contributed by atoms with Crippen LogP contribution in [0.3, 0.4) is 0 Å². The lowest BCUT2D eigenvalue weighted by atomic mass is 9.95. The number of rotatable bonds is 3. The zero-order valence-corrected chi connectivity index (χ0v) is 11.2. The number of aliphatic hydroxyl groups is 1. The number of aromatic nitrogens is 1. The summed E-state index contributed by atoms with van der Waals surface area (Å²) in [6, 6.07) is 1.12. The molecule has 1 aliphatic heterocycles. The second-order valence-electron chi connectivity index (χ2n) is 4.76. The van der Waals surface area contributed by atoms with E-state index < -0.39 is 5.82 Å². The first kappa shape index (κ1) is 14.2. The van der Waals surface area contributed by atoms with Gasteiger partial charge in [-0.05, 0) is 31.2 Å². The predicted molar refractivity (Wildman–Crippen MR) is 69.5 cm³/mol. The van der Waals surface area contributed by atoms with Gasteiger partial charge < -0.3 is 10.0 Å². The Hall–Kier alpha value is -1.20. The van der Waals surface area contributed by atoms with Crippen molar-refractivity contribution in [3.05, 3.63) is 28.8 Å². The smallest absolute Gasteiger partial charge is 0.257 e. The quantitative estimate of drug-likeness (QED) is 0.866. The van der Waals surface area contributed by atoms with Crippen LogP contribution in [-0.4, -0.2) is 40.6 Å². The molecule has 0 bridgehead atoms. The minimum Gasteiger partial charge on any atom is -0.396 e. The van der Waals surface area contributed by atoms with Gasteiger partial charge in [0.25, 0.3) is 5.91 Å². The minimum absolute atomic E-state index is 0.0238. The number of piperidine rings is 1. The van der Waals surface area contributed by atoms with Gasteiger partial charge in [-0.1, -0.05) is 11.6 Å². The second kappa shape index (κ2) is 6.30. The first-order valence-corrected chi connectivity index (χ1v) is 6.70. The number of halogens is 2. The highest BCUT2D eigenvalue weighted by molar-refractivity contribution is 6.32. The van der Waals surface area contributed by atoms with Crippen molar-refractivity contribution < 1.29 is 14.3 Å². The minimum atomic E-state index is -0.573. The van der Waals surface area contributed by atoms with Gasteiger partial charge in [0, 0.05) is 19.7 Å². The van der Waals surface area contributed by atoms with E-state index in [0.717, 1.165) is 25.1 Å². The summed E-state index contributed by atoms with van der Waals surface area (Å²) in [5, 5.41) is 8.98. The van der Waals surface area contributed by atoms with Crippen molar-refractivity contribution >= 4 is 17.5 Å². The molecule has 1 N–H and O–H groups in total. The topological polar surface area (TPSA) is 53.4 Å². The molecule has 6 heteroatoms. The van der Waals surface area contributed by atoms with E-state index in [1.165, 1.54) is 0 Å². The van der Waals surface area contributed by atoms with Crippen molar-refractivity contribution in [2.45, 2.75) is 19.3 Å². The fourth-order valence-corrected chi connectivity index (χ4v) is 2.59. The molecule has 2 rings (SSSR count). The summed E-state index contributed by atoms with van der Waals surface area (Å²) in [6.07, 6.45) is 3.55. The molecule has 19 heavy (non-hydrogen) atoms. The van der Waals surface area contributed by atoms with Crippen LogP contribution in [0.2, 0.25) is 5.15 Å². The molecule has 1 aromatic heterocycles. The molecule has 1 fully saturated rings. The average Bonchev–Trinajstić information content (AvgIpc) is 2.41. The average molecular weight is 287 g/mol. The molecule has 104 valence electrons. The molecular weight excluding hydrogens is 271 g/mol. The number of aliphatic hydroxyl groups excluding tert-OH is 1. The van der Waals surface area contributed by atoms with E-state index in [0.29, 0.717) is 25.4 Å². The van der Waals surface area contributed by atoms with Crippen LogP contribution in [0, 0.1) is 11.7 Å². The standard InChI is InChI=1S/C13H16ClFN2O2/c14-12-11(6-10(15)7-16-12)13(19)17-4-1-2-9(8-17)3-5-18/h6-7,9,18H,1-5,8H2. The highest BCUT2D eigenvalue weighted by Crippen LogP contribution is 2.23. The number of carbonyl (C=O) groups excluding carboxylic acids is 1. The molecule has 0 aromatic carbocycles. The zero-order valence-electron chi connectivity index (χ0n) is 10.5. The van der Waals surface area contributed by atoms with Gasteiger partial charge in [0.1, 0.15) is 11.0 Å². The van der Waals surface area contributed by atoms with Crippen LogP contribution < -0.4 is 0 Å². The van der Waals surface area contributed by atoms with E-state index in [9.17, 15) is 9.18 Å². The van der Waals surface area contributed by atoms with Gasteiger partial charge in [-0.3, -0.25) is 4.79 Å². The van der Waals surface area contributed by atoms with Crippen LogP contribution in [-0.2, 0) is 0 Å². The fourth-order valence-electron chi connectivity index (χ4n) is 2.41. The van der Waals surface area contributed by atoms with Crippen molar-refractivity contribution in [1.82, 2.24) is 9.88 Å². The molecule has 1 amide bonds. The van der Waals surface area contributed by atoms with E-state index in [-0.39, 0.29) is 23.2 Å².